The normalized spacial score (nSPS) is 11.8. The molecular weight excluding hydrogens is 317 g/mol. The first-order chi connectivity index (χ1) is 10.9. The first kappa shape index (κ1) is 15.5. The minimum absolute atomic E-state index is 0.0536. The lowest BCUT2D eigenvalue weighted by Crippen LogP contribution is -2.14. The summed E-state index contributed by atoms with van der Waals surface area (Å²) in [4.78, 5) is 7.56. The molecule has 2 N–H and O–H groups in total. The van der Waals surface area contributed by atoms with Crippen LogP contribution < -0.4 is 4.72 Å². The van der Waals surface area contributed by atoms with E-state index in [1.165, 1.54) is 12.1 Å². The number of aryl methyl sites for hydroxylation is 2. The number of halogens is 1. The van der Waals surface area contributed by atoms with Crippen molar-refractivity contribution in [1.82, 2.24) is 9.97 Å². The second kappa shape index (κ2) is 5.66. The molecule has 0 radical (unpaired) electrons. The van der Waals surface area contributed by atoms with Crippen molar-refractivity contribution in [1.29, 1.82) is 0 Å². The third-order valence-corrected chi connectivity index (χ3v) is 5.09. The second-order valence-corrected chi connectivity index (χ2v) is 6.94. The fourth-order valence-electron chi connectivity index (χ4n) is 2.42. The van der Waals surface area contributed by atoms with Gasteiger partial charge in [0.25, 0.3) is 10.0 Å². The number of nitrogens with zero attached hydrogens (tertiary/aromatic N) is 1. The summed E-state index contributed by atoms with van der Waals surface area (Å²) in [5.41, 5.74) is 2.32. The third kappa shape index (κ3) is 3.05. The number of anilines is 1. The molecule has 3 aromatic rings. The van der Waals surface area contributed by atoms with Crippen LogP contribution in [-0.4, -0.2) is 18.4 Å². The standard InChI is InChI=1S/C16H16FN3O2S/c1-3-16-18-13-6-5-12(9-14(13)19-16)20-23(21,22)15-7-4-11(17)8-10(15)2/h4-9,20H,3H2,1-2H3,(H,18,19). The Morgan fingerprint density at radius 2 is 2.00 bits per heavy atom. The van der Waals surface area contributed by atoms with Crippen molar-refractivity contribution >= 4 is 26.7 Å². The van der Waals surface area contributed by atoms with Gasteiger partial charge in [0.1, 0.15) is 11.6 Å². The first-order valence-corrected chi connectivity index (χ1v) is 8.65. The van der Waals surface area contributed by atoms with Gasteiger partial charge in [0, 0.05) is 6.42 Å². The lowest BCUT2D eigenvalue weighted by atomic mass is 10.2. The highest BCUT2D eigenvalue weighted by Gasteiger charge is 2.17. The van der Waals surface area contributed by atoms with Gasteiger partial charge in [-0.15, -0.1) is 0 Å². The van der Waals surface area contributed by atoms with E-state index in [1.54, 1.807) is 25.1 Å². The van der Waals surface area contributed by atoms with Crippen molar-refractivity contribution in [2.24, 2.45) is 0 Å². The van der Waals surface area contributed by atoms with Crippen LogP contribution in [0.2, 0.25) is 0 Å². The Bertz CT molecular complexity index is 980. The molecule has 0 saturated carbocycles. The third-order valence-electron chi connectivity index (χ3n) is 3.54. The minimum atomic E-state index is -3.78. The van der Waals surface area contributed by atoms with E-state index < -0.39 is 15.8 Å². The molecule has 1 heterocycles. The number of imidazole rings is 1. The predicted octanol–water partition coefficient (Wildman–Crippen LogP) is 3.37. The Balaban J connectivity index is 1.96. The molecule has 0 saturated heterocycles. The van der Waals surface area contributed by atoms with Crippen molar-refractivity contribution in [3.8, 4) is 0 Å². The number of rotatable bonds is 4. The summed E-state index contributed by atoms with van der Waals surface area (Å²) < 4.78 is 40.6. The molecule has 0 aliphatic heterocycles. The molecule has 0 spiro atoms. The molecule has 0 bridgehead atoms. The molecule has 0 unspecified atom stereocenters. The molecule has 0 aliphatic carbocycles. The molecule has 5 nitrogen and oxygen atoms in total. The number of hydrogen-bond donors (Lipinski definition) is 2. The van der Waals surface area contributed by atoms with Gasteiger partial charge in [0.05, 0.1) is 21.6 Å². The smallest absolute Gasteiger partial charge is 0.262 e. The second-order valence-electron chi connectivity index (χ2n) is 5.28. The van der Waals surface area contributed by atoms with Gasteiger partial charge in [-0.25, -0.2) is 17.8 Å². The van der Waals surface area contributed by atoms with Gasteiger partial charge < -0.3 is 4.98 Å². The van der Waals surface area contributed by atoms with E-state index in [0.29, 0.717) is 11.3 Å². The van der Waals surface area contributed by atoms with Crippen LogP contribution in [0.5, 0.6) is 0 Å². The van der Waals surface area contributed by atoms with Crippen molar-refractivity contribution in [3.63, 3.8) is 0 Å². The number of hydrogen-bond acceptors (Lipinski definition) is 3. The summed E-state index contributed by atoms with van der Waals surface area (Å²) in [6, 6.07) is 8.68. The molecule has 23 heavy (non-hydrogen) atoms. The SMILES string of the molecule is CCc1nc2ccc(NS(=O)(=O)c3ccc(F)cc3C)cc2[nH]1. The van der Waals surface area contributed by atoms with Gasteiger partial charge in [0.15, 0.2) is 0 Å². The Morgan fingerprint density at radius 3 is 2.70 bits per heavy atom. The molecule has 1 aromatic heterocycles. The van der Waals surface area contributed by atoms with Crippen LogP contribution in [0, 0.1) is 12.7 Å². The van der Waals surface area contributed by atoms with Gasteiger partial charge in [-0.05, 0) is 48.9 Å². The number of aromatic amines is 1. The lowest BCUT2D eigenvalue weighted by molar-refractivity contribution is 0.598. The predicted molar refractivity (Wildman–Crippen MR) is 87.4 cm³/mol. The van der Waals surface area contributed by atoms with Gasteiger partial charge in [-0.1, -0.05) is 6.92 Å². The van der Waals surface area contributed by atoms with Crippen LogP contribution in [-0.2, 0) is 16.4 Å². The van der Waals surface area contributed by atoms with Gasteiger partial charge in [-0.3, -0.25) is 4.72 Å². The highest BCUT2D eigenvalue weighted by atomic mass is 32.2. The van der Waals surface area contributed by atoms with E-state index in [-0.39, 0.29) is 4.90 Å². The summed E-state index contributed by atoms with van der Waals surface area (Å²) in [5, 5.41) is 0. The van der Waals surface area contributed by atoms with Gasteiger partial charge in [0.2, 0.25) is 0 Å². The molecule has 0 fully saturated rings. The average molecular weight is 333 g/mol. The molecule has 120 valence electrons. The van der Waals surface area contributed by atoms with Crippen molar-refractivity contribution < 1.29 is 12.8 Å². The Labute approximate surface area is 133 Å². The summed E-state index contributed by atoms with van der Waals surface area (Å²) in [6.45, 7) is 3.54. The van der Waals surface area contributed by atoms with Crippen LogP contribution >= 0.6 is 0 Å². The van der Waals surface area contributed by atoms with Crippen LogP contribution in [0.3, 0.4) is 0 Å². The number of aromatic nitrogens is 2. The van der Waals surface area contributed by atoms with Crippen LogP contribution in [0.15, 0.2) is 41.3 Å². The zero-order valence-electron chi connectivity index (χ0n) is 12.7. The summed E-state index contributed by atoms with van der Waals surface area (Å²) in [5.74, 6) is 0.377. The first-order valence-electron chi connectivity index (χ1n) is 7.16. The topological polar surface area (TPSA) is 74.8 Å². The quantitative estimate of drug-likeness (QED) is 0.768. The van der Waals surface area contributed by atoms with Crippen LogP contribution in [0.1, 0.15) is 18.3 Å². The van der Waals surface area contributed by atoms with Gasteiger partial charge in [-0.2, -0.15) is 0 Å². The van der Waals surface area contributed by atoms with Crippen molar-refractivity contribution in [3.05, 3.63) is 53.6 Å². The van der Waals surface area contributed by atoms with E-state index in [9.17, 15) is 12.8 Å². The lowest BCUT2D eigenvalue weighted by Gasteiger charge is -2.10. The Morgan fingerprint density at radius 1 is 1.22 bits per heavy atom. The molecule has 3 rings (SSSR count). The molecule has 0 amide bonds. The minimum Gasteiger partial charge on any atom is -0.342 e. The average Bonchev–Trinajstić information content (AvgIpc) is 2.88. The summed E-state index contributed by atoms with van der Waals surface area (Å²) >= 11 is 0. The number of benzene rings is 2. The molecule has 7 heteroatoms. The van der Waals surface area contributed by atoms with E-state index in [2.05, 4.69) is 14.7 Å². The molecular formula is C16H16FN3O2S. The monoisotopic (exact) mass is 333 g/mol. The van der Waals surface area contributed by atoms with Crippen LogP contribution in [0.4, 0.5) is 10.1 Å². The van der Waals surface area contributed by atoms with E-state index in [1.807, 2.05) is 6.92 Å². The number of H-pyrrole nitrogens is 1. The fourth-order valence-corrected chi connectivity index (χ4v) is 3.70. The Hall–Kier alpha value is -2.41. The largest absolute Gasteiger partial charge is 0.342 e. The van der Waals surface area contributed by atoms with Crippen molar-refractivity contribution in [2.75, 3.05) is 4.72 Å². The number of fused-ring (bicyclic) bond motifs is 1. The highest BCUT2D eigenvalue weighted by Crippen LogP contribution is 2.22. The van der Waals surface area contributed by atoms with Crippen molar-refractivity contribution in [2.45, 2.75) is 25.2 Å². The van der Waals surface area contributed by atoms with E-state index in [0.717, 1.165) is 29.3 Å². The number of nitrogens with one attached hydrogen (secondary N) is 2. The molecule has 0 aliphatic rings. The fraction of sp³-hybridized carbons (Fsp3) is 0.188. The zero-order chi connectivity index (χ0) is 16.6. The maximum atomic E-state index is 13.1. The molecule has 2 aromatic carbocycles. The maximum absolute atomic E-state index is 13.1. The van der Waals surface area contributed by atoms with E-state index >= 15 is 0 Å². The maximum Gasteiger partial charge on any atom is 0.262 e. The number of sulfonamides is 1. The summed E-state index contributed by atoms with van der Waals surface area (Å²) in [7, 11) is -3.78. The highest BCUT2D eigenvalue weighted by molar-refractivity contribution is 7.92. The van der Waals surface area contributed by atoms with Gasteiger partial charge >= 0.3 is 0 Å². The summed E-state index contributed by atoms with van der Waals surface area (Å²) in [6.07, 6.45) is 0.768. The zero-order valence-corrected chi connectivity index (χ0v) is 13.5. The van der Waals surface area contributed by atoms with E-state index in [4.69, 9.17) is 0 Å². The van der Waals surface area contributed by atoms with Crippen LogP contribution in [0.25, 0.3) is 11.0 Å². The molecule has 0 atom stereocenters. The Kier molecular flexibility index (Phi) is 3.81.